The van der Waals surface area contributed by atoms with Gasteiger partial charge in [0.25, 0.3) is 0 Å². The van der Waals surface area contributed by atoms with Gasteiger partial charge in [0.15, 0.2) is 0 Å². The maximum atomic E-state index is 4.94. The van der Waals surface area contributed by atoms with Crippen molar-refractivity contribution < 1.29 is 37.4 Å². The first kappa shape index (κ1) is 33.5. The minimum Gasteiger partial charge on any atom is -0.381 e. The van der Waals surface area contributed by atoms with Crippen LogP contribution in [0.25, 0.3) is 0 Å². The summed E-state index contributed by atoms with van der Waals surface area (Å²) in [5.41, 5.74) is 3.59. The first-order valence-electron chi connectivity index (χ1n) is 11.9. The Morgan fingerprint density at radius 1 is 0.688 bits per heavy atom. The molecule has 32 heavy (non-hydrogen) atoms. The van der Waals surface area contributed by atoms with Crippen molar-refractivity contribution in [3.63, 3.8) is 0 Å². The van der Waals surface area contributed by atoms with E-state index in [-0.39, 0.29) is 43.5 Å². The van der Waals surface area contributed by atoms with Crippen molar-refractivity contribution in [3.05, 3.63) is 68.0 Å². The van der Waals surface area contributed by atoms with Gasteiger partial charge in [0.05, 0.1) is 8.07 Å². The summed E-state index contributed by atoms with van der Waals surface area (Å²) in [7, 11) is -2.43. The van der Waals surface area contributed by atoms with Gasteiger partial charge in [-0.2, -0.15) is 0 Å². The summed E-state index contributed by atoms with van der Waals surface area (Å²) in [6, 6.07) is 0. The van der Waals surface area contributed by atoms with E-state index >= 15 is 0 Å². The minimum absolute atomic E-state index is 0. The fraction of sp³-hybridized carbons (Fsp3) is 0.607. The van der Waals surface area contributed by atoms with Crippen LogP contribution in [0.2, 0.25) is 32.7 Å². The summed E-state index contributed by atoms with van der Waals surface area (Å²) in [6.45, 7) is 31.2. The molecule has 0 spiro atoms. The van der Waals surface area contributed by atoms with Crippen LogP contribution < -0.4 is 0 Å². The molecule has 0 bridgehead atoms. The quantitative estimate of drug-likeness (QED) is 0.253. The first-order valence-corrected chi connectivity index (χ1v) is 18.6. The Kier molecular flexibility index (Phi) is 14.3. The van der Waals surface area contributed by atoms with E-state index in [1.165, 1.54) is 24.7 Å². The molecule has 0 atom stereocenters. The van der Waals surface area contributed by atoms with Gasteiger partial charge in [-0.15, -0.1) is 8.07 Å². The zero-order valence-corrected chi connectivity index (χ0v) is 27.8. The normalized spacial score (nSPS) is 22.1. The van der Waals surface area contributed by atoms with E-state index < -0.39 is 16.1 Å². The van der Waals surface area contributed by atoms with Crippen molar-refractivity contribution in [1.82, 2.24) is 0 Å². The molecule has 0 amide bonds. The molecule has 4 heteroatoms. The first-order chi connectivity index (χ1) is 13.9. The molecule has 1 saturated heterocycles. The van der Waals surface area contributed by atoms with Crippen molar-refractivity contribution in [2.45, 2.75) is 87.1 Å². The van der Waals surface area contributed by atoms with Crippen molar-refractivity contribution in [1.29, 1.82) is 0 Å². The molecule has 11 radical (unpaired) electrons. The second-order valence-corrected chi connectivity index (χ2v) is 22.3. The van der Waals surface area contributed by atoms with Gasteiger partial charge in [0.2, 0.25) is 0 Å². The third kappa shape index (κ3) is 12.5. The molecule has 3 rings (SSSR count). The fourth-order valence-corrected chi connectivity index (χ4v) is 5.64. The Labute approximate surface area is 231 Å². The second kappa shape index (κ2) is 13.7. The van der Waals surface area contributed by atoms with Crippen molar-refractivity contribution in [2.75, 3.05) is 13.2 Å². The molecule has 179 valence electrons. The summed E-state index contributed by atoms with van der Waals surface area (Å²) in [5, 5.41) is 0. The summed E-state index contributed by atoms with van der Waals surface area (Å²) in [4.78, 5) is 0. The van der Waals surface area contributed by atoms with Crippen LogP contribution in [0.3, 0.4) is 0 Å². The van der Waals surface area contributed by atoms with Gasteiger partial charge >= 0.3 is 0 Å². The van der Waals surface area contributed by atoms with Crippen LogP contribution >= 0.6 is 0 Å². The van der Waals surface area contributed by atoms with Crippen LogP contribution in [0.15, 0.2) is 0 Å². The van der Waals surface area contributed by atoms with Crippen LogP contribution in [0.5, 0.6) is 0 Å². The molecule has 0 aromatic heterocycles. The molecule has 0 aromatic carbocycles. The third-order valence-electron chi connectivity index (χ3n) is 5.51. The Bertz CT molecular complexity index is 461. The summed E-state index contributed by atoms with van der Waals surface area (Å²) in [6.07, 6.45) is 16.8. The van der Waals surface area contributed by atoms with Gasteiger partial charge in [-0.25, -0.2) is 0 Å². The Balaban J connectivity index is 0.000000723. The predicted octanol–water partition coefficient (Wildman–Crippen LogP) is 7.91. The SMILES string of the molecule is C1CCOC1.CC(C)(C)[C]1[CH][CH][C]([Si](C)(C)[C]2[CH][CH][C](C(C)(C)C)[CH]2)[CH]1.[CH2-][Si](C)(C)C.[Y]. The second-order valence-electron chi connectivity index (χ2n) is 12.8. The van der Waals surface area contributed by atoms with Gasteiger partial charge in [-0.05, 0) is 85.1 Å². The molecule has 2 saturated carbocycles. The van der Waals surface area contributed by atoms with Crippen molar-refractivity contribution in [3.8, 4) is 0 Å². The Hall–Kier alpha value is 1.50. The van der Waals surface area contributed by atoms with Crippen LogP contribution in [0, 0.1) is 78.8 Å². The molecular weight excluding hydrogens is 497 g/mol. The Morgan fingerprint density at radius 3 is 1.19 bits per heavy atom. The molecule has 0 aromatic rings. The van der Waals surface area contributed by atoms with Crippen LogP contribution in [0.1, 0.15) is 54.4 Å². The summed E-state index contributed by atoms with van der Waals surface area (Å²) < 4.78 is 4.94. The van der Waals surface area contributed by atoms with Gasteiger partial charge in [-0.1, -0.05) is 74.3 Å². The topological polar surface area (TPSA) is 9.23 Å². The van der Waals surface area contributed by atoms with Gasteiger partial charge < -0.3 is 11.3 Å². The summed E-state index contributed by atoms with van der Waals surface area (Å²) >= 11 is 0. The van der Waals surface area contributed by atoms with Crippen LogP contribution in [0.4, 0.5) is 0 Å². The van der Waals surface area contributed by atoms with Gasteiger partial charge in [0, 0.05) is 45.9 Å². The monoisotopic (exact) mass is 546 g/mol. The largest absolute Gasteiger partial charge is 0.381 e. The van der Waals surface area contributed by atoms with E-state index in [2.05, 4.69) is 119 Å². The zero-order valence-electron chi connectivity index (χ0n) is 23.0. The molecule has 3 fully saturated rings. The molecule has 1 aliphatic heterocycles. The molecule has 0 unspecified atom stereocenters. The summed E-state index contributed by atoms with van der Waals surface area (Å²) in [5.74, 6) is 2.92. The molecule has 0 N–H and O–H groups in total. The zero-order chi connectivity index (χ0) is 24.1. The maximum absolute atomic E-state index is 4.94. The van der Waals surface area contributed by atoms with E-state index in [1.807, 2.05) is 0 Å². The van der Waals surface area contributed by atoms with E-state index in [9.17, 15) is 0 Å². The standard InChI is InChI=1S/C20H30Si.C4H8O.C4H11Si.Y/c1-19(2,3)15-9-11-17(13-15)21(7,8)18-12-10-16(14-18)20(4,5)6;1-2-4-5-3-1;1-5(2,3)4;/h9-14H,1-8H3;1-4H2;1H2,2-4H3;/q;;-1;. The third-order valence-corrected chi connectivity index (χ3v) is 9.02. The fourth-order valence-electron chi connectivity index (χ4n) is 3.27. The van der Waals surface area contributed by atoms with Crippen molar-refractivity contribution >= 4 is 16.1 Å². The Morgan fingerprint density at radius 2 is 1.00 bits per heavy atom. The number of rotatable bonds is 2. The maximum Gasteiger partial charge on any atom is 0.0618 e. The molecule has 1 heterocycles. The number of hydrogen-bond acceptors (Lipinski definition) is 1. The van der Waals surface area contributed by atoms with Crippen molar-refractivity contribution in [2.24, 2.45) is 10.8 Å². The van der Waals surface area contributed by atoms with E-state index in [1.54, 1.807) is 11.1 Å². The smallest absolute Gasteiger partial charge is 0.0618 e. The van der Waals surface area contributed by atoms with E-state index in [4.69, 9.17) is 4.74 Å². The molecule has 3 aliphatic rings. The molecular formula is C28H49OSi2Y-. The average molecular weight is 547 g/mol. The van der Waals surface area contributed by atoms with E-state index in [0.717, 1.165) is 13.2 Å². The van der Waals surface area contributed by atoms with E-state index in [0.29, 0.717) is 0 Å². The number of ether oxygens (including phenoxy) is 1. The predicted molar refractivity (Wildman–Crippen MR) is 144 cm³/mol. The van der Waals surface area contributed by atoms with Gasteiger partial charge in [0.1, 0.15) is 0 Å². The average Bonchev–Trinajstić information content (AvgIpc) is 3.33. The van der Waals surface area contributed by atoms with Crippen LogP contribution in [-0.2, 0) is 37.4 Å². The molecule has 2 aliphatic carbocycles. The number of hydrogen-bond donors (Lipinski definition) is 0. The van der Waals surface area contributed by atoms with Gasteiger partial charge in [-0.3, -0.25) is 0 Å². The minimum atomic E-state index is -1.57. The van der Waals surface area contributed by atoms with Crippen LogP contribution in [-0.4, -0.2) is 29.4 Å². The molecule has 1 nitrogen and oxygen atoms in total.